The average molecular weight is 202 g/mol. The van der Waals surface area contributed by atoms with Gasteiger partial charge in [0.2, 0.25) is 0 Å². The molecule has 0 aliphatic heterocycles. The summed E-state index contributed by atoms with van der Waals surface area (Å²) in [6, 6.07) is 1.72. The first kappa shape index (κ1) is 7.54. The number of rotatable bonds is 0. The largest absolute Gasteiger partial charge is 0.139 e. The molecule has 0 atom stereocenters. The van der Waals surface area contributed by atoms with E-state index in [4.69, 9.17) is 0 Å². The molecule has 8 heavy (non-hydrogen) atoms. The Bertz CT molecular complexity index is 94.1. The Balaban J connectivity index is 0.000000222. The smallest absolute Gasteiger partial charge is 0.0529 e. The van der Waals surface area contributed by atoms with E-state index in [-0.39, 0.29) is 0 Å². The Morgan fingerprint density at radius 3 is 1.75 bits per heavy atom. The molecule has 3 nitrogen and oxygen atoms in total. The molecule has 46 valence electrons. The molecule has 0 bridgehead atoms. The molecule has 0 N–H and O–H groups in total. The van der Waals surface area contributed by atoms with Crippen LogP contribution in [0.25, 0.3) is 0 Å². The Kier molecular flexibility index (Phi) is 6.17. The predicted molar refractivity (Wildman–Crippen MR) is 26.9 cm³/mol. The van der Waals surface area contributed by atoms with E-state index in [0.29, 0.717) is 0 Å². The van der Waals surface area contributed by atoms with Gasteiger partial charge in [-0.15, -0.1) is 10.2 Å². The van der Waals surface area contributed by atoms with Crippen LogP contribution < -0.4 is 0 Å². The van der Waals surface area contributed by atoms with Gasteiger partial charge in [0.25, 0.3) is 0 Å². The van der Waals surface area contributed by atoms with E-state index in [1.165, 1.54) is 0 Å². The van der Waals surface area contributed by atoms with Gasteiger partial charge in [0.15, 0.2) is 0 Å². The van der Waals surface area contributed by atoms with Crippen LogP contribution in [0.15, 0.2) is 18.5 Å². The van der Waals surface area contributed by atoms with Crippen molar-refractivity contribution in [3.05, 3.63) is 18.5 Å². The average Bonchev–Trinajstić information content (AvgIpc) is 1.96. The van der Waals surface area contributed by atoms with Crippen molar-refractivity contribution >= 4 is 4.99 Å². The van der Waals surface area contributed by atoms with Gasteiger partial charge in [0, 0.05) is 0 Å². The zero-order valence-corrected chi connectivity index (χ0v) is 5.65. The van der Waals surface area contributed by atoms with E-state index in [9.17, 15) is 0 Å². The number of hydrogen-bond donors (Lipinski definition) is 0. The zero-order chi connectivity index (χ0) is 6.24. The summed E-state index contributed by atoms with van der Waals surface area (Å²) in [7, 11) is 0. The van der Waals surface area contributed by atoms with Crippen molar-refractivity contribution < 1.29 is 18.7 Å². The van der Waals surface area contributed by atoms with Gasteiger partial charge in [0.1, 0.15) is 0 Å². The van der Waals surface area contributed by atoms with Crippen LogP contribution in [0.1, 0.15) is 0 Å². The molecule has 0 saturated heterocycles. The van der Waals surface area contributed by atoms with Crippen LogP contribution in [0.4, 0.5) is 0 Å². The van der Waals surface area contributed by atoms with Crippen LogP contribution in [0.3, 0.4) is 0 Å². The van der Waals surface area contributed by atoms with Gasteiger partial charge in [0.05, 0.1) is 12.4 Å². The van der Waals surface area contributed by atoms with Crippen molar-refractivity contribution in [1.82, 2.24) is 15.4 Å². The minimum atomic E-state index is 1.58. The van der Waals surface area contributed by atoms with Crippen LogP contribution >= 0.6 is 0 Å². The SMILES string of the molecule is [CH2]=[Pd].c1cnnnc1. The third kappa shape index (κ3) is 3.72. The molecule has 1 aromatic heterocycles. The minimum absolute atomic E-state index is 1.58. The van der Waals surface area contributed by atoms with E-state index in [1.807, 2.05) is 0 Å². The maximum Gasteiger partial charge on any atom is 0.0529 e. The van der Waals surface area contributed by atoms with Gasteiger partial charge in [-0.3, -0.25) is 0 Å². The Morgan fingerprint density at radius 2 is 1.62 bits per heavy atom. The molecule has 0 aliphatic rings. The maximum absolute atomic E-state index is 3.42. The molecular formula is C4H5N3Pd. The summed E-state index contributed by atoms with van der Waals surface area (Å²) in [5.41, 5.74) is 0. The number of aromatic nitrogens is 3. The van der Waals surface area contributed by atoms with E-state index in [2.05, 4.69) is 39.1 Å². The normalized spacial score (nSPS) is 6.75. The van der Waals surface area contributed by atoms with Crippen LogP contribution in [0.2, 0.25) is 0 Å². The summed E-state index contributed by atoms with van der Waals surface area (Å²) in [6.45, 7) is 0. The van der Waals surface area contributed by atoms with Crippen LogP contribution in [0.5, 0.6) is 0 Å². The molecule has 0 spiro atoms. The van der Waals surface area contributed by atoms with Crippen LogP contribution in [-0.2, 0) is 18.7 Å². The first-order valence-electron chi connectivity index (χ1n) is 1.81. The summed E-state index contributed by atoms with van der Waals surface area (Å²) in [5.74, 6) is 0. The number of nitrogens with zero attached hydrogens (tertiary/aromatic N) is 3. The van der Waals surface area contributed by atoms with Gasteiger partial charge < -0.3 is 0 Å². The van der Waals surface area contributed by atoms with Crippen molar-refractivity contribution in [2.75, 3.05) is 0 Å². The molecule has 4 heteroatoms. The minimum Gasteiger partial charge on any atom is -0.139 e. The summed E-state index contributed by atoms with van der Waals surface area (Å²) < 4.78 is 0. The quantitative estimate of drug-likeness (QED) is 0.548. The molecule has 0 saturated carbocycles. The fraction of sp³-hybridized carbons (Fsp3) is 0. The summed E-state index contributed by atoms with van der Waals surface area (Å²) >= 11 is 2.50. The molecule has 1 heterocycles. The molecule has 0 unspecified atom stereocenters. The van der Waals surface area contributed by atoms with Gasteiger partial charge in [-0.2, -0.15) is 0 Å². The first-order chi connectivity index (χ1) is 4.00. The Morgan fingerprint density at radius 1 is 1.12 bits per heavy atom. The molecule has 1 aromatic rings. The van der Waals surface area contributed by atoms with Crippen LogP contribution in [-0.4, -0.2) is 20.4 Å². The van der Waals surface area contributed by atoms with Crippen molar-refractivity contribution in [1.29, 1.82) is 0 Å². The maximum atomic E-state index is 3.42. The van der Waals surface area contributed by atoms with E-state index < -0.39 is 0 Å². The molecule has 0 amide bonds. The van der Waals surface area contributed by atoms with Crippen molar-refractivity contribution in [3.63, 3.8) is 0 Å². The summed E-state index contributed by atoms with van der Waals surface area (Å²) in [4.78, 5) is 3.10. The van der Waals surface area contributed by atoms with Crippen LogP contribution in [0, 0.1) is 0 Å². The fourth-order valence-electron chi connectivity index (χ4n) is 0.205. The predicted octanol–water partition coefficient (Wildman–Crippen LogP) is -0.163. The molecule has 0 fully saturated rings. The van der Waals surface area contributed by atoms with E-state index in [0.717, 1.165) is 0 Å². The van der Waals surface area contributed by atoms with Gasteiger partial charge in [-0.1, -0.05) is 0 Å². The zero-order valence-electron chi connectivity index (χ0n) is 4.10. The van der Waals surface area contributed by atoms with Crippen molar-refractivity contribution in [2.45, 2.75) is 0 Å². The van der Waals surface area contributed by atoms with Gasteiger partial charge in [-0.05, 0) is 11.3 Å². The summed E-state index contributed by atoms with van der Waals surface area (Å²) in [5, 5.41) is 10.1. The standard InChI is InChI=1S/C3H3N3.CH2.Pd/c1-2-4-6-5-3-1;;/h1-3H;1H2;. The summed E-state index contributed by atoms with van der Waals surface area (Å²) in [6.07, 6.45) is 3.15. The van der Waals surface area contributed by atoms with Gasteiger partial charge >= 0.3 is 23.7 Å². The first-order valence-corrected chi connectivity index (χ1v) is 2.91. The fourth-order valence-corrected chi connectivity index (χ4v) is 0.205. The second-order valence-electron chi connectivity index (χ2n) is 0.811. The third-order valence-corrected chi connectivity index (χ3v) is 0.409. The molecule has 0 aromatic carbocycles. The van der Waals surface area contributed by atoms with Crippen molar-refractivity contribution in [2.24, 2.45) is 0 Å². The monoisotopic (exact) mass is 201 g/mol. The third-order valence-electron chi connectivity index (χ3n) is 0.409. The molecule has 0 aliphatic carbocycles. The van der Waals surface area contributed by atoms with E-state index >= 15 is 0 Å². The second kappa shape index (κ2) is 6.54. The Hall–Kier alpha value is -0.458. The molecule has 1 rings (SSSR count). The Labute approximate surface area is 58.1 Å². The van der Waals surface area contributed by atoms with Gasteiger partial charge in [-0.25, -0.2) is 0 Å². The topological polar surface area (TPSA) is 38.7 Å². The number of hydrogen-bond acceptors (Lipinski definition) is 3. The van der Waals surface area contributed by atoms with E-state index in [1.54, 1.807) is 18.5 Å². The van der Waals surface area contributed by atoms with Crippen molar-refractivity contribution in [3.8, 4) is 0 Å². The molecule has 0 radical (unpaired) electrons. The molecular weight excluding hydrogens is 196 g/mol. The second-order valence-corrected chi connectivity index (χ2v) is 0.811.